The first kappa shape index (κ1) is 16.4. The topological polar surface area (TPSA) is 58.2 Å². The maximum absolute atomic E-state index is 13.5. The Kier molecular flexibility index (Phi) is 6.19. The lowest BCUT2D eigenvalue weighted by Crippen LogP contribution is -2.30. The minimum atomic E-state index is -3.82. The number of sulfonamides is 1. The van der Waals surface area contributed by atoms with Gasteiger partial charge in [-0.15, -0.1) is 0 Å². The highest BCUT2D eigenvalue weighted by Crippen LogP contribution is 2.18. The molecule has 19 heavy (non-hydrogen) atoms. The first-order valence-electron chi connectivity index (χ1n) is 6.01. The molecule has 0 unspecified atom stereocenters. The van der Waals surface area contributed by atoms with Gasteiger partial charge in [-0.05, 0) is 31.2 Å². The Morgan fingerprint density at radius 1 is 1.32 bits per heavy atom. The van der Waals surface area contributed by atoms with E-state index in [0.717, 1.165) is 12.1 Å². The van der Waals surface area contributed by atoms with Crippen molar-refractivity contribution in [3.8, 4) is 0 Å². The smallest absolute Gasteiger partial charge is 0.243 e. The summed E-state index contributed by atoms with van der Waals surface area (Å²) < 4.78 is 39.6. The van der Waals surface area contributed by atoms with Gasteiger partial charge in [0.1, 0.15) is 10.7 Å². The zero-order valence-electron chi connectivity index (χ0n) is 10.9. The number of halogens is 2. The van der Waals surface area contributed by atoms with Gasteiger partial charge in [0.2, 0.25) is 10.0 Å². The van der Waals surface area contributed by atoms with E-state index < -0.39 is 15.8 Å². The zero-order valence-corrected chi connectivity index (χ0v) is 12.5. The van der Waals surface area contributed by atoms with Crippen LogP contribution in [0.25, 0.3) is 0 Å². The Morgan fingerprint density at radius 2 is 2.00 bits per heavy atom. The monoisotopic (exact) mass is 308 g/mol. The molecule has 2 N–H and O–H groups in total. The summed E-state index contributed by atoms with van der Waals surface area (Å²) >= 11 is 5.58. The fourth-order valence-corrected chi connectivity index (χ4v) is 2.75. The lowest BCUT2D eigenvalue weighted by molar-refractivity contribution is 0.544. The number of nitrogens with one attached hydrogen (secondary N) is 2. The molecule has 0 saturated carbocycles. The Labute approximate surface area is 118 Å². The molecule has 0 bridgehead atoms. The number of hydrogen-bond acceptors (Lipinski definition) is 3. The van der Waals surface area contributed by atoms with Crippen LogP contribution in [0, 0.1) is 5.82 Å². The molecular formula is C12H18ClFN2O2S. The molecule has 0 aliphatic rings. The van der Waals surface area contributed by atoms with Crippen molar-refractivity contribution in [3.05, 3.63) is 29.0 Å². The van der Waals surface area contributed by atoms with E-state index in [0.29, 0.717) is 19.0 Å². The van der Waals surface area contributed by atoms with Crippen LogP contribution in [0.15, 0.2) is 23.1 Å². The van der Waals surface area contributed by atoms with Crippen molar-refractivity contribution in [3.63, 3.8) is 0 Å². The molecule has 0 radical (unpaired) electrons. The van der Waals surface area contributed by atoms with Crippen molar-refractivity contribution >= 4 is 21.6 Å². The molecule has 1 aromatic rings. The fraction of sp³-hybridized carbons (Fsp3) is 0.500. The second-order valence-electron chi connectivity index (χ2n) is 4.43. The van der Waals surface area contributed by atoms with Gasteiger partial charge >= 0.3 is 0 Å². The van der Waals surface area contributed by atoms with Crippen LogP contribution in [-0.4, -0.2) is 27.5 Å². The second-order valence-corrected chi connectivity index (χ2v) is 6.61. The van der Waals surface area contributed by atoms with Crippen LogP contribution in [0.3, 0.4) is 0 Å². The van der Waals surface area contributed by atoms with Gasteiger partial charge in [-0.3, -0.25) is 0 Å². The largest absolute Gasteiger partial charge is 0.314 e. The predicted molar refractivity (Wildman–Crippen MR) is 74.4 cm³/mol. The molecule has 1 aromatic carbocycles. The molecule has 0 fully saturated rings. The van der Waals surface area contributed by atoms with Gasteiger partial charge < -0.3 is 5.32 Å². The van der Waals surface area contributed by atoms with Crippen LogP contribution < -0.4 is 10.0 Å². The van der Waals surface area contributed by atoms with Gasteiger partial charge in [0.05, 0.1) is 0 Å². The molecule has 0 spiro atoms. The summed E-state index contributed by atoms with van der Waals surface area (Å²) in [5.74, 6) is -0.847. The first-order valence-corrected chi connectivity index (χ1v) is 7.87. The van der Waals surface area contributed by atoms with Crippen LogP contribution in [0.4, 0.5) is 4.39 Å². The van der Waals surface area contributed by atoms with E-state index in [4.69, 9.17) is 11.6 Å². The molecule has 0 heterocycles. The fourth-order valence-electron chi connectivity index (χ4n) is 1.46. The van der Waals surface area contributed by atoms with Gasteiger partial charge in [0, 0.05) is 17.6 Å². The van der Waals surface area contributed by atoms with Crippen LogP contribution >= 0.6 is 11.6 Å². The summed E-state index contributed by atoms with van der Waals surface area (Å²) in [6.07, 6.45) is 0.632. The average Bonchev–Trinajstić information content (AvgIpc) is 2.27. The maximum atomic E-state index is 13.5. The summed E-state index contributed by atoms with van der Waals surface area (Å²) in [5.41, 5.74) is 0. The van der Waals surface area contributed by atoms with Crippen molar-refractivity contribution in [2.75, 3.05) is 13.1 Å². The Balaban J connectivity index is 2.56. The normalized spacial score (nSPS) is 12.1. The highest BCUT2D eigenvalue weighted by Gasteiger charge is 2.18. The highest BCUT2D eigenvalue weighted by molar-refractivity contribution is 7.89. The van der Waals surface area contributed by atoms with Crippen LogP contribution in [0.1, 0.15) is 20.3 Å². The summed E-state index contributed by atoms with van der Waals surface area (Å²) in [6.45, 7) is 4.97. The average molecular weight is 309 g/mol. The Morgan fingerprint density at radius 3 is 2.58 bits per heavy atom. The molecule has 108 valence electrons. The molecule has 0 aliphatic heterocycles. The zero-order chi connectivity index (χ0) is 14.5. The lowest BCUT2D eigenvalue weighted by atomic mass is 10.3. The van der Waals surface area contributed by atoms with E-state index in [9.17, 15) is 12.8 Å². The van der Waals surface area contributed by atoms with Crippen molar-refractivity contribution in [1.82, 2.24) is 10.0 Å². The van der Waals surface area contributed by atoms with Gasteiger partial charge in [-0.25, -0.2) is 17.5 Å². The van der Waals surface area contributed by atoms with Gasteiger partial charge in [-0.1, -0.05) is 25.4 Å². The minimum absolute atomic E-state index is 0.164. The predicted octanol–water partition coefficient (Wildman–Crippen LogP) is 2.15. The van der Waals surface area contributed by atoms with Crippen LogP contribution in [0.5, 0.6) is 0 Å². The third-order valence-corrected chi connectivity index (χ3v) is 4.11. The van der Waals surface area contributed by atoms with Crippen molar-refractivity contribution in [2.24, 2.45) is 0 Å². The third kappa shape index (κ3) is 5.44. The molecule has 7 heteroatoms. The molecule has 0 aromatic heterocycles. The van der Waals surface area contributed by atoms with Crippen LogP contribution in [-0.2, 0) is 10.0 Å². The van der Waals surface area contributed by atoms with Gasteiger partial charge in [0.25, 0.3) is 0 Å². The molecule has 1 rings (SSSR count). The summed E-state index contributed by atoms with van der Waals surface area (Å²) in [7, 11) is -3.82. The van der Waals surface area contributed by atoms with Gasteiger partial charge in [0.15, 0.2) is 0 Å². The SMILES string of the molecule is CC(C)NCCCNS(=O)(=O)c1ccc(Cl)cc1F. The second kappa shape index (κ2) is 7.19. The van der Waals surface area contributed by atoms with E-state index in [-0.39, 0.29) is 16.5 Å². The van der Waals surface area contributed by atoms with E-state index in [1.807, 2.05) is 13.8 Å². The van der Waals surface area contributed by atoms with Gasteiger partial charge in [-0.2, -0.15) is 0 Å². The Bertz CT molecular complexity index is 520. The molecule has 0 aliphatic carbocycles. The Hall–Kier alpha value is -0.690. The molecule has 0 saturated heterocycles. The number of benzene rings is 1. The standard InChI is InChI=1S/C12H18ClFN2O2S/c1-9(2)15-6-3-7-16-19(17,18)12-5-4-10(13)8-11(12)14/h4-5,8-9,15-16H,3,6-7H2,1-2H3. The lowest BCUT2D eigenvalue weighted by Gasteiger charge is -2.09. The molecule has 0 amide bonds. The van der Waals surface area contributed by atoms with Crippen LogP contribution in [0.2, 0.25) is 5.02 Å². The summed E-state index contributed by atoms with van der Waals surface area (Å²) in [6, 6.07) is 3.84. The molecule has 0 atom stereocenters. The number of hydrogen-bond donors (Lipinski definition) is 2. The van der Waals surface area contributed by atoms with E-state index >= 15 is 0 Å². The van der Waals surface area contributed by atoms with Crippen molar-refractivity contribution in [1.29, 1.82) is 0 Å². The van der Waals surface area contributed by atoms with Crippen molar-refractivity contribution < 1.29 is 12.8 Å². The molecular weight excluding hydrogens is 291 g/mol. The number of rotatable bonds is 7. The third-order valence-electron chi connectivity index (χ3n) is 2.38. The molecule has 4 nitrogen and oxygen atoms in total. The van der Waals surface area contributed by atoms with E-state index in [1.54, 1.807) is 0 Å². The van der Waals surface area contributed by atoms with Crippen molar-refractivity contribution in [2.45, 2.75) is 31.2 Å². The minimum Gasteiger partial charge on any atom is -0.314 e. The van der Waals surface area contributed by atoms with E-state index in [1.165, 1.54) is 6.07 Å². The maximum Gasteiger partial charge on any atom is 0.243 e. The summed E-state index contributed by atoms with van der Waals surface area (Å²) in [4.78, 5) is -0.381. The summed E-state index contributed by atoms with van der Waals surface area (Å²) in [5, 5.41) is 3.33. The van der Waals surface area contributed by atoms with E-state index in [2.05, 4.69) is 10.0 Å². The quantitative estimate of drug-likeness (QED) is 0.759. The first-order chi connectivity index (χ1) is 8.83. The highest BCUT2D eigenvalue weighted by atomic mass is 35.5.